The van der Waals surface area contributed by atoms with Crippen LogP contribution in [0, 0.1) is 11.8 Å². The summed E-state index contributed by atoms with van der Waals surface area (Å²) < 4.78 is 0. The van der Waals surface area contributed by atoms with Crippen LogP contribution in [0.3, 0.4) is 0 Å². The smallest absolute Gasteiger partial charge is 0.226 e. The molecule has 0 spiro atoms. The van der Waals surface area contributed by atoms with Crippen LogP contribution in [0.5, 0.6) is 0 Å². The van der Waals surface area contributed by atoms with E-state index in [9.17, 15) is 4.79 Å². The number of pyridine rings is 3. The minimum Gasteiger partial charge on any atom is -0.336 e. The first-order valence-corrected chi connectivity index (χ1v) is 12.5. The highest BCUT2D eigenvalue weighted by Crippen LogP contribution is 2.31. The van der Waals surface area contributed by atoms with E-state index in [4.69, 9.17) is 9.97 Å². The zero-order valence-electron chi connectivity index (χ0n) is 21.2. The molecular formula is C29H26N8O. The molecule has 1 amide bonds. The molecule has 0 bridgehead atoms. The first-order valence-electron chi connectivity index (χ1n) is 12.5. The van der Waals surface area contributed by atoms with Gasteiger partial charge in [0, 0.05) is 35.8 Å². The fraction of sp³-hybridized carbons (Fsp3) is 0.172. The topological polar surface area (TPSA) is 125 Å². The van der Waals surface area contributed by atoms with E-state index in [2.05, 4.69) is 49.5 Å². The van der Waals surface area contributed by atoms with Crippen LogP contribution in [0.4, 0.5) is 0 Å². The van der Waals surface area contributed by atoms with Crippen LogP contribution in [0.15, 0.2) is 78.9 Å². The number of H-pyrrole nitrogens is 2. The SMILES string of the molecule is CC(C)C(=O)NC1=CC(c2ccc3[nH]nc(-c4nc5c(-c6ccncc6)nccc5[nH]4)c3n2)=C[C@@H](C)C=C1. The normalized spacial score (nSPS) is 15.5. The second-order valence-corrected chi connectivity index (χ2v) is 9.63. The van der Waals surface area contributed by atoms with Gasteiger partial charge in [0.05, 0.1) is 22.4 Å². The van der Waals surface area contributed by atoms with Crippen molar-refractivity contribution in [3.8, 4) is 22.8 Å². The van der Waals surface area contributed by atoms with Crippen LogP contribution in [0.1, 0.15) is 26.5 Å². The van der Waals surface area contributed by atoms with Crippen molar-refractivity contribution >= 4 is 33.5 Å². The first kappa shape index (κ1) is 23.5. The summed E-state index contributed by atoms with van der Waals surface area (Å²) >= 11 is 0. The summed E-state index contributed by atoms with van der Waals surface area (Å²) in [6, 6.07) is 9.64. The molecule has 5 aromatic rings. The summed E-state index contributed by atoms with van der Waals surface area (Å²) in [6.45, 7) is 5.85. The van der Waals surface area contributed by atoms with Crippen molar-refractivity contribution in [3.05, 3.63) is 84.6 Å². The van der Waals surface area contributed by atoms with E-state index in [1.165, 1.54) is 0 Å². The van der Waals surface area contributed by atoms with Gasteiger partial charge < -0.3 is 10.3 Å². The molecule has 1 atom stereocenters. The molecular weight excluding hydrogens is 476 g/mol. The van der Waals surface area contributed by atoms with Gasteiger partial charge in [0.1, 0.15) is 11.0 Å². The Kier molecular flexibility index (Phi) is 5.88. The van der Waals surface area contributed by atoms with Gasteiger partial charge in [-0.1, -0.05) is 32.9 Å². The lowest BCUT2D eigenvalue weighted by Crippen LogP contribution is -2.26. The molecule has 0 aliphatic heterocycles. The number of aromatic amines is 2. The maximum atomic E-state index is 12.3. The Hall–Kier alpha value is -4.92. The molecule has 0 aromatic carbocycles. The molecule has 9 nitrogen and oxygen atoms in total. The van der Waals surface area contributed by atoms with E-state index in [0.29, 0.717) is 17.0 Å². The molecule has 38 heavy (non-hydrogen) atoms. The number of carbonyl (C=O) groups excluding carboxylic acids is 1. The molecule has 188 valence electrons. The van der Waals surface area contributed by atoms with Gasteiger partial charge in [-0.25, -0.2) is 9.97 Å². The van der Waals surface area contributed by atoms with E-state index in [0.717, 1.165) is 44.8 Å². The number of fused-ring (bicyclic) bond motifs is 2. The molecule has 0 saturated heterocycles. The van der Waals surface area contributed by atoms with Crippen LogP contribution in [-0.4, -0.2) is 41.0 Å². The maximum absolute atomic E-state index is 12.3. The van der Waals surface area contributed by atoms with Gasteiger partial charge in [-0.2, -0.15) is 5.10 Å². The first-order chi connectivity index (χ1) is 18.5. The van der Waals surface area contributed by atoms with E-state index in [1.54, 1.807) is 18.6 Å². The Morgan fingerprint density at radius 3 is 2.61 bits per heavy atom. The van der Waals surface area contributed by atoms with E-state index in [1.807, 2.05) is 56.3 Å². The lowest BCUT2D eigenvalue weighted by Gasteiger charge is -2.09. The predicted octanol–water partition coefficient (Wildman–Crippen LogP) is 5.20. The Morgan fingerprint density at radius 2 is 1.79 bits per heavy atom. The third-order valence-electron chi connectivity index (χ3n) is 6.41. The minimum atomic E-state index is -0.113. The zero-order valence-corrected chi connectivity index (χ0v) is 21.2. The Balaban J connectivity index is 1.42. The lowest BCUT2D eigenvalue weighted by atomic mass is 10.1. The molecule has 6 rings (SSSR count). The summed E-state index contributed by atoms with van der Waals surface area (Å²) in [4.78, 5) is 34.2. The number of nitrogens with one attached hydrogen (secondary N) is 3. The second-order valence-electron chi connectivity index (χ2n) is 9.63. The number of aromatic nitrogens is 7. The molecule has 0 radical (unpaired) electrons. The van der Waals surface area contributed by atoms with Crippen molar-refractivity contribution in [3.63, 3.8) is 0 Å². The fourth-order valence-corrected chi connectivity index (χ4v) is 4.38. The lowest BCUT2D eigenvalue weighted by molar-refractivity contribution is -0.123. The molecule has 1 aliphatic rings. The van der Waals surface area contributed by atoms with Crippen LogP contribution in [-0.2, 0) is 4.79 Å². The summed E-state index contributed by atoms with van der Waals surface area (Å²) in [5, 5.41) is 10.6. The van der Waals surface area contributed by atoms with Crippen LogP contribution >= 0.6 is 0 Å². The predicted molar refractivity (Wildman–Crippen MR) is 147 cm³/mol. The number of hydrogen-bond donors (Lipinski definition) is 3. The van der Waals surface area contributed by atoms with Gasteiger partial charge in [0.25, 0.3) is 0 Å². The van der Waals surface area contributed by atoms with Crippen LogP contribution < -0.4 is 5.32 Å². The summed E-state index contributed by atoms with van der Waals surface area (Å²) in [6.07, 6.45) is 13.3. The molecule has 0 fully saturated rings. The highest BCUT2D eigenvalue weighted by atomic mass is 16.1. The Bertz CT molecular complexity index is 1760. The largest absolute Gasteiger partial charge is 0.336 e. The molecule has 0 unspecified atom stereocenters. The number of hydrogen-bond acceptors (Lipinski definition) is 6. The van der Waals surface area contributed by atoms with Gasteiger partial charge in [0.2, 0.25) is 5.91 Å². The number of amides is 1. The van der Waals surface area contributed by atoms with Crippen molar-refractivity contribution in [2.75, 3.05) is 0 Å². The van der Waals surface area contributed by atoms with Crippen molar-refractivity contribution < 1.29 is 4.79 Å². The van der Waals surface area contributed by atoms with Crippen LogP contribution in [0.25, 0.3) is 50.4 Å². The van der Waals surface area contributed by atoms with E-state index >= 15 is 0 Å². The number of carbonyl (C=O) groups is 1. The fourth-order valence-electron chi connectivity index (χ4n) is 4.38. The molecule has 5 heterocycles. The molecule has 0 saturated carbocycles. The van der Waals surface area contributed by atoms with Crippen LogP contribution in [0.2, 0.25) is 0 Å². The average molecular weight is 503 g/mol. The Morgan fingerprint density at radius 1 is 0.974 bits per heavy atom. The third-order valence-corrected chi connectivity index (χ3v) is 6.41. The van der Waals surface area contributed by atoms with Gasteiger partial charge in [-0.05, 0) is 54.0 Å². The van der Waals surface area contributed by atoms with Crippen molar-refractivity contribution in [2.24, 2.45) is 11.8 Å². The maximum Gasteiger partial charge on any atom is 0.226 e. The minimum absolute atomic E-state index is 0.0270. The highest BCUT2D eigenvalue weighted by molar-refractivity contribution is 5.95. The Labute approximate surface area is 218 Å². The van der Waals surface area contributed by atoms with Gasteiger partial charge in [-0.15, -0.1) is 0 Å². The zero-order chi connectivity index (χ0) is 26.2. The monoisotopic (exact) mass is 502 g/mol. The molecule has 9 heteroatoms. The summed E-state index contributed by atoms with van der Waals surface area (Å²) in [5.74, 6) is 0.634. The molecule has 5 aromatic heterocycles. The van der Waals surface area contributed by atoms with Crippen molar-refractivity contribution in [1.29, 1.82) is 0 Å². The molecule has 3 N–H and O–H groups in total. The quantitative estimate of drug-likeness (QED) is 0.303. The van der Waals surface area contributed by atoms with Crippen molar-refractivity contribution in [2.45, 2.75) is 20.8 Å². The highest BCUT2D eigenvalue weighted by Gasteiger charge is 2.18. The number of nitrogens with zero attached hydrogens (tertiary/aromatic N) is 5. The number of allylic oxidation sites excluding steroid dienone is 5. The van der Waals surface area contributed by atoms with Gasteiger partial charge in [0.15, 0.2) is 11.5 Å². The van der Waals surface area contributed by atoms with Crippen molar-refractivity contribution in [1.82, 2.24) is 40.4 Å². The van der Waals surface area contributed by atoms with E-state index in [-0.39, 0.29) is 17.7 Å². The standard InChI is InChI=1S/C29H26N8O/c1-16(2)29(38)32-20-5-4-17(3)14-19(15-20)21-6-7-23-26(33-21)27(37-36-23)28-34-22-10-13-31-24(25(22)35-28)18-8-11-30-12-9-18/h4-17H,1-3H3,(H,32,38)(H,34,35)(H,36,37)/t17-/m0/s1. The summed E-state index contributed by atoms with van der Waals surface area (Å²) in [5.41, 5.74) is 7.87. The number of rotatable bonds is 5. The van der Waals surface area contributed by atoms with Gasteiger partial charge in [-0.3, -0.25) is 19.9 Å². The van der Waals surface area contributed by atoms with E-state index < -0.39 is 0 Å². The average Bonchev–Trinajstić information content (AvgIpc) is 3.50. The molecule has 1 aliphatic carbocycles. The number of imidazole rings is 1. The third kappa shape index (κ3) is 4.39. The summed E-state index contributed by atoms with van der Waals surface area (Å²) in [7, 11) is 0. The second kappa shape index (κ2) is 9.51. The van der Waals surface area contributed by atoms with Gasteiger partial charge >= 0.3 is 0 Å².